The summed E-state index contributed by atoms with van der Waals surface area (Å²) in [6.07, 6.45) is 0.737. The van der Waals surface area contributed by atoms with Crippen molar-refractivity contribution in [2.24, 2.45) is 0 Å². The molecule has 2 rings (SSSR count). The third kappa shape index (κ3) is 3.79. The summed E-state index contributed by atoms with van der Waals surface area (Å²) >= 11 is 0. The third-order valence-corrected chi connectivity index (χ3v) is 3.84. The van der Waals surface area contributed by atoms with Crippen molar-refractivity contribution in [2.75, 3.05) is 38.0 Å². The van der Waals surface area contributed by atoms with Gasteiger partial charge in [0.15, 0.2) is 0 Å². The Morgan fingerprint density at radius 1 is 0.909 bits per heavy atom. The van der Waals surface area contributed by atoms with Gasteiger partial charge in [0, 0.05) is 39.6 Å². The van der Waals surface area contributed by atoms with Crippen LogP contribution in [0.2, 0.25) is 0 Å². The molecule has 0 saturated heterocycles. The molecule has 0 saturated carbocycles. The average molecular weight is 293 g/mol. The molecule has 0 N–H and O–H groups in total. The van der Waals surface area contributed by atoms with Gasteiger partial charge in [0.05, 0.1) is 12.0 Å². The Balaban J connectivity index is 2.19. The number of nitrogens with zero attached hydrogens (tertiary/aromatic N) is 3. The second-order valence-corrected chi connectivity index (χ2v) is 5.94. The van der Waals surface area contributed by atoms with Crippen LogP contribution >= 0.6 is 0 Å². The average Bonchev–Trinajstić information content (AvgIpc) is 2.53. The molecular weight excluding hydrogens is 270 g/mol. The summed E-state index contributed by atoms with van der Waals surface area (Å²) < 4.78 is 0. The zero-order chi connectivity index (χ0) is 16.1. The van der Waals surface area contributed by atoms with Crippen molar-refractivity contribution < 1.29 is 0 Å². The first-order chi connectivity index (χ1) is 10.5. The summed E-state index contributed by atoms with van der Waals surface area (Å²) in [5, 5.41) is 9.54. The summed E-state index contributed by atoms with van der Waals surface area (Å²) in [6.45, 7) is 0. The molecule has 0 bridgehead atoms. The third-order valence-electron chi connectivity index (χ3n) is 3.84. The summed E-state index contributed by atoms with van der Waals surface area (Å²) in [7, 11) is 8.08. The van der Waals surface area contributed by atoms with Crippen LogP contribution in [0.4, 0.5) is 11.4 Å². The van der Waals surface area contributed by atoms with Crippen LogP contribution < -0.4 is 9.80 Å². The van der Waals surface area contributed by atoms with Gasteiger partial charge in [0.1, 0.15) is 0 Å². The number of hydrogen-bond donors (Lipinski definition) is 0. The van der Waals surface area contributed by atoms with Gasteiger partial charge in [-0.05, 0) is 41.8 Å². The molecule has 2 aromatic rings. The molecule has 0 aliphatic carbocycles. The molecule has 0 aliphatic rings. The smallest absolute Gasteiger partial charge is 0.0753 e. The maximum Gasteiger partial charge on any atom is 0.0753 e. The zero-order valence-electron chi connectivity index (χ0n) is 13.7. The molecule has 22 heavy (non-hydrogen) atoms. The van der Waals surface area contributed by atoms with Crippen LogP contribution in [0.15, 0.2) is 48.5 Å². The first kappa shape index (κ1) is 15.9. The van der Waals surface area contributed by atoms with Gasteiger partial charge in [0.25, 0.3) is 0 Å². The molecule has 1 unspecified atom stereocenters. The summed E-state index contributed by atoms with van der Waals surface area (Å²) in [5.74, 6) is -0.120. The molecule has 0 aromatic heterocycles. The lowest BCUT2D eigenvalue weighted by molar-refractivity contribution is 0.848. The maximum atomic E-state index is 9.54. The van der Waals surface area contributed by atoms with Crippen molar-refractivity contribution in [3.05, 3.63) is 59.7 Å². The Morgan fingerprint density at radius 3 is 2.09 bits per heavy atom. The van der Waals surface area contributed by atoms with E-state index in [9.17, 15) is 5.26 Å². The minimum absolute atomic E-state index is 0.120. The van der Waals surface area contributed by atoms with Crippen LogP contribution in [0.5, 0.6) is 0 Å². The molecule has 3 heteroatoms. The molecule has 0 aliphatic heterocycles. The number of nitriles is 1. The van der Waals surface area contributed by atoms with Crippen molar-refractivity contribution >= 4 is 11.4 Å². The van der Waals surface area contributed by atoms with Crippen LogP contribution in [-0.2, 0) is 6.42 Å². The SMILES string of the molecule is CN(C)c1ccc(CC(C#N)c2cccc(N(C)C)c2)cc1. The molecule has 114 valence electrons. The lowest BCUT2D eigenvalue weighted by Crippen LogP contribution is -2.10. The number of anilines is 2. The Hall–Kier alpha value is -2.47. The Bertz CT molecular complexity index is 651. The van der Waals surface area contributed by atoms with E-state index in [1.807, 2.05) is 40.3 Å². The maximum absolute atomic E-state index is 9.54. The topological polar surface area (TPSA) is 30.3 Å². The van der Waals surface area contributed by atoms with Gasteiger partial charge in [-0.2, -0.15) is 5.26 Å². The predicted octanol–water partition coefficient (Wildman–Crippen LogP) is 3.67. The van der Waals surface area contributed by atoms with E-state index in [2.05, 4.69) is 52.3 Å². The van der Waals surface area contributed by atoms with Crippen molar-refractivity contribution in [1.82, 2.24) is 0 Å². The monoisotopic (exact) mass is 293 g/mol. The minimum atomic E-state index is -0.120. The number of benzene rings is 2. The molecule has 0 spiro atoms. The van der Waals surface area contributed by atoms with E-state index in [4.69, 9.17) is 0 Å². The molecule has 2 aromatic carbocycles. The first-order valence-electron chi connectivity index (χ1n) is 7.44. The van der Waals surface area contributed by atoms with Crippen LogP contribution in [0, 0.1) is 11.3 Å². The van der Waals surface area contributed by atoms with Gasteiger partial charge < -0.3 is 9.80 Å². The molecule has 0 heterocycles. The molecule has 1 atom stereocenters. The first-order valence-corrected chi connectivity index (χ1v) is 7.44. The van der Waals surface area contributed by atoms with E-state index in [1.165, 1.54) is 11.3 Å². The second kappa shape index (κ2) is 7.00. The predicted molar refractivity (Wildman–Crippen MR) is 93.6 cm³/mol. The highest BCUT2D eigenvalue weighted by molar-refractivity contribution is 5.50. The Kier molecular flexibility index (Phi) is 5.06. The summed E-state index contributed by atoms with van der Waals surface area (Å²) in [6, 6.07) is 19.1. The van der Waals surface area contributed by atoms with Crippen LogP contribution in [0.3, 0.4) is 0 Å². The fourth-order valence-electron chi connectivity index (χ4n) is 2.42. The largest absolute Gasteiger partial charge is 0.378 e. The van der Waals surface area contributed by atoms with Gasteiger partial charge in [-0.25, -0.2) is 0 Å². The Morgan fingerprint density at radius 2 is 1.55 bits per heavy atom. The van der Waals surface area contributed by atoms with Crippen molar-refractivity contribution in [2.45, 2.75) is 12.3 Å². The quantitative estimate of drug-likeness (QED) is 0.842. The highest BCUT2D eigenvalue weighted by atomic mass is 15.1. The van der Waals surface area contributed by atoms with Crippen LogP contribution in [0.1, 0.15) is 17.0 Å². The van der Waals surface area contributed by atoms with Gasteiger partial charge in [-0.3, -0.25) is 0 Å². The van der Waals surface area contributed by atoms with Gasteiger partial charge in [-0.15, -0.1) is 0 Å². The molecule has 3 nitrogen and oxygen atoms in total. The van der Waals surface area contributed by atoms with Crippen LogP contribution in [-0.4, -0.2) is 28.2 Å². The summed E-state index contributed by atoms with van der Waals surface area (Å²) in [5.41, 5.74) is 4.56. The van der Waals surface area contributed by atoms with Gasteiger partial charge in [-0.1, -0.05) is 24.3 Å². The van der Waals surface area contributed by atoms with Gasteiger partial charge >= 0.3 is 0 Å². The molecule has 0 radical (unpaired) electrons. The summed E-state index contributed by atoms with van der Waals surface area (Å²) in [4.78, 5) is 4.13. The van der Waals surface area contributed by atoms with Crippen molar-refractivity contribution in [1.29, 1.82) is 5.26 Å². The normalized spacial score (nSPS) is 11.6. The van der Waals surface area contributed by atoms with E-state index in [-0.39, 0.29) is 5.92 Å². The van der Waals surface area contributed by atoms with Gasteiger partial charge in [0.2, 0.25) is 0 Å². The van der Waals surface area contributed by atoms with E-state index in [1.54, 1.807) is 0 Å². The van der Waals surface area contributed by atoms with E-state index >= 15 is 0 Å². The molecule has 0 fully saturated rings. The number of hydrogen-bond acceptors (Lipinski definition) is 3. The minimum Gasteiger partial charge on any atom is -0.378 e. The fourth-order valence-corrected chi connectivity index (χ4v) is 2.42. The number of rotatable bonds is 5. The second-order valence-electron chi connectivity index (χ2n) is 5.94. The lowest BCUT2D eigenvalue weighted by Gasteiger charge is -2.16. The Labute approximate surface area is 133 Å². The zero-order valence-corrected chi connectivity index (χ0v) is 13.7. The van der Waals surface area contributed by atoms with Crippen molar-refractivity contribution in [3.8, 4) is 6.07 Å². The molecular formula is C19H23N3. The lowest BCUT2D eigenvalue weighted by atomic mass is 9.93. The van der Waals surface area contributed by atoms with Crippen LogP contribution in [0.25, 0.3) is 0 Å². The van der Waals surface area contributed by atoms with E-state index in [0.29, 0.717) is 0 Å². The highest BCUT2D eigenvalue weighted by Crippen LogP contribution is 2.25. The van der Waals surface area contributed by atoms with E-state index in [0.717, 1.165) is 17.7 Å². The highest BCUT2D eigenvalue weighted by Gasteiger charge is 2.12. The molecule has 0 amide bonds. The van der Waals surface area contributed by atoms with Crippen molar-refractivity contribution in [3.63, 3.8) is 0 Å². The standard InChI is InChI=1S/C19H23N3/c1-21(2)18-10-8-15(9-11-18)12-17(14-20)16-6-5-7-19(13-16)22(3)4/h5-11,13,17H,12H2,1-4H3. The fraction of sp³-hybridized carbons (Fsp3) is 0.316. The van der Waals surface area contributed by atoms with E-state index < -0.39 is 0 Å².